The van der Waals surface area contributed by atoms with Crippen LogP contribution >= 0.6 is 11.3 Å². The first-order chi connectivity index (χ1) is 16.2. The Hall–Kier alpha value is -3.14. The van der Waals surface area contributed by atoms with Crippen LogP contribution in [0.15, 0.2) is 28.1 Å². The summed E-state index contributed by atoms with van der Waals surface area (Å²) in [5.74, 6) is -0.437. The fraction of sp³-hybridized carbons (Fsp3) is 0.500. The van der Waals surface area contributed by atoms with E-state index in [1.54, 1.807) is 19.2 Å². The molecule has 10 heteroatoms. The number of piperazine rings is 1. The summed E-state index contributed by atoms with van der Waals surface area (Å²) in [6.45, 7) is 8.85. The monoisotopic (exact) mass is 484 g/mol. The quantitative estimate of drug-likeness (QED) is 0.491. The molecule has 34 heavy (non-hydrogen) atoms. The molecule has 180 valence electrons. The number of hydrogen-bond donors (Lipinski definition) is 0. The smallest absolute Gasteiger partial charge is 0.410 e. The number of esters is 1. The number of fused-ring (bicyclic) bond motifs is 3. The van der Waals surface area contributed by atoms with Crippen LogP contribution in [-0.4, -0.2) is 64.3 Å². The predicted molar refractivity (Wildman–Crippen MR) is 128 cm³/mol. The van der Waals surface area contributed by atoms with Gasteiger partial charge in [0.2, 0.25) is 0 Å². The van der Waals surface area contributed by atoms with Crippen LogP contribution in [0.4, 0.5) is 10.8 Å². The largest absolute Gasteiger partial charge is 0.462 e. The van der Waals surface area contributed by atoms with Crippen LogP contribution in [0, 0.1) is 0 Å². The van der Waals surface area contributed by atoms with Crippen molar-refractivity contribution in [3.8, 4) is 10.6 Å². The summed E-state index contributed by atoms with van der Waals surface area (Å²) in [6.07, 6.45) is 3.27. The van der Waals surface area contributed by atoms with Gasteiger partial charge in [-0.05, 0) is 52.7 Å². The number of hydrogen-bond acceptors (Lipinski definition) is 9. The van der Waals surface area contributed by atoms with Crippen molar-refractivity contribution in [3.63, 3.8) is 0 Å². The highest BCUT2D eigenvalue weighted by molar-refractivity contribution is 7.13. The maximum Gasteiger partial charge on any atom is 0.410 e. The summed E-state index contributed by atoms with van der Waals surface area (Å²) >= 11 is 1.49. The van der Waals surface area contributed by atoms with Gasteiger partial charge in [-0.2, -0.15) is 4.98 Å². The summed E-state index contributed by atoms with van der Waals surface area (Å²) in [5.41, 5.74) is 1.58. The summed E-state index contributed by atoms with van der Waals surface area (Å²) in [6, 6.07) is 4.02. The van der Waals surface area contributed by atoms with E-state index in [0.717, 1.165) is 23.4 Å². The van der Waals surface area contributed by atoms with Crippen LogP contribution < -0.4 is 4.90 Å². The molecule has 2 saturated heterocycles. The minimum atomic E-state index is -0.538. The molecule has 2 atom stereocenters. The number of carbonyl (C=O) groups is 2. The van der Waals surface area contributed by atoms with E-state index in [9.17, 15) is 9.59 Å². The Labute approximate surface area is 201 Å². The van der Waals surface area contributed by atoms with Crippen LogP contribution in [0.25, 0.3) is 21.7 Å². The molecule has 2 bridgehead atoms. The van der Waals surface area contributed by atoms with Gasteiger partial charge in [0.25, 0.3) is 6.01 Å². The standard InChI is InChI=1S/C24H28N4O5S/c1-5-31-21(29)16-8-9-17(20-25-10-11-34-20)19-18(16)26-22(32-19)27-12-14-6-7-15(13-27)28(14)23(30)33-24(2,3)4/h8-11,14-15H,5-7,12-13H2,1-4H3. The lowest BCUT2D eigenvalue weighted by Gasteiger charge is -2.40. The third kappa shape index (κ3) is 4.11. The molecule has 5 rings (SSSR count). The van der Waals surface area contributed by atoms with Crippen molar-refractivity contribution in [2.24, 2.45) is 0 Å². The van der Waals surface area contributed by atoms with Crippen LogP contribution in [-0.2, 0) is 9.47 Å². The maximum absolute atomic E-state index is 12.8. The Balaban J connectivity index is 1.48. The van der Waals surface area contributed by atoms with E-state index in [4.69, 9.17) is 18.9 Å². The minimum Gasteiger partial charge on any atom is -0.462 e. The van der Waals surface area contributed by atoms with Gasteiger partial charge in [-0.25, -0.2) is 14.6 Å². The van der Waals surface area contributed by atoms with E-state index in [2.05, 4.69) is 9.88 Å². The first-order valence-corrected chi connectivity index (χ1v) is 12.4. The van der Waals surface area contributed by atoms with Gasteiger partial charge in [0.1, 0.15) is 16.1 Å². The SMILES string of the molecule is CCOC(=O)c1ccc(-c2nccs2)c2oc(N3CC4CCC(C3)N4C(=O)OC(C)(C)C)nc12. The third-order valence-electron chi connectivity index (χ3n) is 6.05. The van der Waals surface area contributed by atoms with Gasteiger partial charge in [-0.1, -0.05) is 0 Å². The summed E-state index contributed by atoms with van der Waals surface area (Å²) in [5, 5.41) is 2.68. The lowest BCUT2D eigenvalue weighted by Crippen LogP contribution is -2.56. The minimum absolute atomic E-state index is 0.0200. The number of nitrogens with zero attached hydrogens (tertiary/aromatic N) is 4. The summed E-state index contributed by atoms with van der Waals surface area (Å²) < 4.78 is 17.2. The average molecular weight is 485 g/mol. The molecule has 1 aromatic carbocycles. The molecular weight excluding hydrogens is 456 g/mol. The van der Waals surface area contributed by atoms with E-state index in [1.807, 2.05) is 37.1 Å². The number of amides is 1. The molecule has 0 aliphatic carbocycles. The molecule has 1 amide bonds. The number of benzene rings is 1. The van der Waals surface area contributed by atoms with Crippen LogP contribution in [0.1, 0.15) is 50.9 Å². The van der Waals surface area contributed by atoms with Gasteiger partial charge < -0.3 is 18.8 Å². The molecule has 2 aromatic heterocycles. The fourth-order valence-electron chi connectivity index (χ4n) is 4.70. The van der Waals surface area contributed by atoms with Crippen molar-refractivity contribution >= 4 is 40.5 Å². The lowest BCUT2D eigenvalue weighted by atomic mass is 10.1. The normalized spacial score (nSPS) is 20.1. The molecular formula is C24H28N4O5S. The van der Waals surface area contributed by atoms with Crippen molar-refractivity contribution in [2.45, 2.75) is 58.2 Å². The zero-order chi connectivity index (χ0) is 24.0. The van der Waals surface area contributed by atoms with E-state index in [-0.39, 0.29) is 24.8 Å². The van der Waals surface area contributed by atoms with Crippen molar-refractivity contribution in [2.75, 3.05) is 24.6 Å². The van der Waals surface area contributed by atoms with E-state index >= 15 is 0 Å². The Morgan fingerprint density at radius 2 is 1.94 bits per heavy atom. The first kappa shape index (κ1) is 22.6. The Morgan fingerprint density at radius 3 is 2.56 bits per heavy atom. The van der Waals surface area contributed by atoms with Crippen molar-refractivity contribution < 1.29 is 23.5 Å². The number of ether oxygens (including phenoxy) is 2. The third-order valence-corrected chi connectivity index (χ3v) is 6.85. The van der Waals surface area contributed by atoms with Gasteiger partial charge in [0, 0.05) is 24.7 Å². The molecule has 2 fully saturated rings. The van der Waals surface area contributed by atoms with Gasteiger partial charge in [-0.3, -0.25) is 4.90 Å². The Morgan fingerprint density at radius 1 is 1.21 bits per heavy atom. The molecule has 4 heterocycles. The van der Waals surface area contributed by atoms with Crippen LogP contribution in [0.3, 0.4) is 0 Å². The Kier molecular flexibility index (Phi) is 5.71. The second-order valence-corrected chi connectivity index (χ2v) is 10.5. The molecule has 0 spiro atoms. The van der Waals surface area contributed by atoms with E-state index in [0.29, 0.717) is 35.8 Å². The Bertz CT molecular complexity index is 1200. The molecule has 3 aromatic rings. The zero-order valence-electron chi connectivity index (χ0n) is 19.7. The van der Waals surface area contributed by atoms with E-state index < -0.39 is 11.6 Å². The number of carbonyl (C=O) groups excluding carboxylic acids is 2. The highest BCUT2D eigenvalue weighted by Crippen LogP contribution is 2.38. The molecule has 0 saturated carbocycles. The van der Waals surface area contributed by atoms with Crippen molar-refractivity contribution in [1.29, 1.82) is 0 Å². The number of rotatable bonds is 4. The predicted octanol–water partition coefficient (Wildman–Crippen LogP) is 4.72. The topological polar surface area (TPSA) is 98.0 Å². The fourth-order valence-corrected chi connectivity index (χ4v) is 5.36. The van der Waals surface area contributed by atoms with Gasteiger partial charge in [0.15, 0.2) is 5.58 Å². The van der Waals surface area contributed by atoms with Crippen LogP contribution in [0.2, 0.25) is 0 Å². The molecule has 2 aliphatic heterocycles. The number of aromatic nitrogens is 2. The van der Waals surface area contributed by atoms with Crippen molar-refractivity contribution in [3.05, 3.63) is 29.3 Å². The van der Waals surface area contributed by atoms with Gasteiger partial charge >= 0.3 is 12.1 Å². The molecule has 9 nitrogen and oxygen atoms in total. The number of anilines is 1. The summed E-state index contributed by atoms with van der Waals surface area (Å²) in [7, 11) is 0. The lowest BCUT2D eigenvalue weighted by molar-refractivity contribution is 0.0120. The van der Waals surface area contributed by atoms with Crippen LogP contribution in [0.5, 0.6) is 0 Å². The second-order valence-electron chi connectivity index (χ2n) is 9.57. The van der Waals surface area contributed by atoms with Crippen molar-refractivity contribution in [1.82, 2.24) is 14.9 Å². The molecule has 0 radical (unpaired) electrons. The maximum atomic E-state index is 12.8. The molecule has 2 unspecified atom stereocenters. The second kappa shape index (κ2) is 8.57. The highest BCUT2D eigenvalue weighted by atomic mass is 32.1. The average Bonchev–Trinajstić information content (AvgIpc) is 3.50. The molecule has 2 aliphatic rings. The molecule has 0 N–H and O–H groups in total. The highest BCUT2D eigenvalue weighted by Gasteiger charge is 2.45. The zero-order valence-corrected chi connectivity index (χ0v) is 20.6. The van der Waals surface area contributed by atoms with Gasteiger partial charge in [0.05, 0.1) is 29.8 Å². The number of thiazole rings is 1. The number of oxazole rings is 1. The van der Waals surface area contributed by atoms with Gasteiger partial charge in [-0.15, -0.1) is 11.3 Å². The van der Waals surface area contributed by atoms with E-state index in [1.165, 1.54) is 11.3 Å². The first-order valence-electron chi connectivity index (χ1n) is 11.5. The summed E-state index contributed by atoms with van der Waals surface area (Å²) in [4.78, 5) is 38.5.